The molecule has 2 aliphatic rings. The molecule has 3 heteroatoms. The third-order valence-corrected chi connectivity index (χ3v) is 6.28. The van der Waals surface area contributed by atoms with E-state index in [9.17, 15) is 0 Å². The molecule has 0 spiro atoms. The second-order valence-electron chi connectivity index (χ2n) is 6.89. The first-order valence-electron chi connectivity index (χ1n) is 9.67. The number of rotatable bonds is 2. The molecule has 4 rings (SSSR count). The fraction of sp³-hybridized carbons (Fsp3) is 0.222. The van der Waals surface area contributed by atoms with Gasteiger partial charge in [-0.15, -0.1) is 26.7 Å². The van der Waals surface area contributed by atoms with Gasteiger partial charge in [-0.3, -0.25) is 12.2 Å². The summed E-state index contributed by atoms with van der Waals surface area (Å²) in [7, 11) is 0. The standard InChI is InChI=1S/C13H10.2C7H9.2ClH.Zr/c1-3-7-12(8-4-1)11-13-9-5-2-6-10-13;2*1-6-4-3-5-7(6)2;;;/h1-10H;2*4H,3H2,1-2H3;2*1H;/q;2*-1;;;+2/p-2. The van der Waals surface area contributed by atoms with Crippen molar-refractivity contribution in [2.75, 3.05) is 0 Å². The van der Waals surface area contributed by atoms with Gasteiger partial charge in [0.15, 0.2) is 0 Å². The van der Waals surface area contributed by atoms with E-state index in [0.29, 0.717) is 0 Å². The number of halogens is 2. The number of benzene rings is 2. The van der Waals surface area contributed by atoms with Crippen LogP contribution in [-0.4, -0.2) is 3.21 Å². The van der Waals surface area contributed by atoms with Gasteiger partial charge in [-0.1, -0.05) is 13.8 Å². The molecule has 156 valence electrons. The summed E-state index contributed by atoms with van der Waals surface area (Å²) in [5.41, 5.74) is 8.08. The van der Waals surface area contributed by atoms with E-state index in [2.05, 4.69) is 113 Å². The summed E-state index contributed by atoms with van der Waals surface area (Å²) in [4.78, 5) is 0. The normalized spacial score (nSPS) is 13.5. The van der Waals surface area contributed by atoms with Crippen LogP contribution in [0.25, 0.3) is 0 Å². The molecule has 0 bridgehead atoms. The van der Waals surface area contributed by atoms with Crippen molar-refractivity contribution < 1.29 is 49.0 Å². The van der Waals surface area contributed by atoms with Gasteiger partial charge < -0.3 is 24.8 Å². The van der Waals surface area contributed by atoms with E-state index < -0.39 is 0 Å². The first-order chi connectivity index (χ1) is 13.5. The molecule has 0 fully saturated rings. The van der Waals surface area contributed by atoms with Crippen molar-refractivity contribution in [2.24, 2.45) is 0 Å². The monoisotopic (exact) mass is 512 g/mol. The Labute approximate surface area is 210 Å². The van der Waals surface area contributed by atoms with E-state index >= 15 is 0 Å². The predicted molar refractivity (Wildman–Crippen MR) is 118 cm³/mol. The van der Waals surface area contributed by atoms with Crippen LogP contribution in [0.2, 0.25) is 0 Å². The van der Waals surface area contributed by atoms with Gasteiger partial charge in [0.25, 0.3) is 0 Å². The van der Waals surface area contributed by atoms with E-state index in [0.717, 1.165) is 12.8 Å². The number of hydrogen-bond acceptors (Lipinski definition) is 0. The molecule has 2 aromatic carbocycles. The summed E-state index contributed by atoms with van der Waals surface area (Å²) in [6, 6.07) is 21.1. The molecular weight excluding hydrogens is 486 g/mol. The van der Waals surface area contributed by atoms with Gasteiger partial charge in [0.1, 0.15) is 0 Å². The molecule has 2 aliphatic carbocycles. The van der Waals surface area contributed by atoms with Crippen molar-refractivity contribution in [1.29, 1.82) is 0 Å². The van der Waals surface area contributed by atoms with Crippen LogP contribution >= 0.6 is 0 Å². The molecule has 0 atom stereocenters. The summed E-state index contributed by atoms with van der Waals surface area (Å²) < 4.78 is 1.42. The minimum absolute atomic E-state index is 0. The van der Waals surface area contributed by atoms with Gasteiger partial charge in [-0.2, -0.15) is 12.2 Å². The Hall–Kier alpha value is -1.27. The molecule has 0 saturated carbocycles. The zero-order valence-electron chi connectivity index (χ0n) is 18.1. The maximum atomic E-state index is 3.19. The fourth-order valence-corrected chi connectivity index (χ4v) is 3.50. The van der Waals surface area contributed by atoms with Crippen molar-refractivity contribution in [3.8, 4) is 0 Å². The van der Waals surface area contributed by atoms with Crippen LogP contribution in [0.1, 0.15) is 51.7 Å². The molecule has 2 aromatic rings. The maximum absolute atomic E-state index is 3.19. The average molecular weight is 515 g/mol. The Morgan fingerprint density at radius 1 is 0.633 bits per heavy atom. The Morgan fingerprint density at radius 2 is 0.967 bits per heavy atom. The molecule has 0 amide bonds. The van der Waals surface area contributed by atoms with Gasteiger partial charge >= 0.3 is 99.2 Å². The van der Waals surface area contributed by atoms with Crippen LogP contribution < -0.4 is 24.8 Å². The number of allylic oxidation sites excluding steroid dienone is 8. The SMILES string of the molecule is CC1=[C-]CC=C1C.CC1=[C-]CC=C1C.[Cl-].[Cl-].[Zr+2]=[C](c1ccccc1)c1ccccc1. The van der Waals surface area contributed by atoms with E-state index in [1.807, 2.05) is 0 Å². The van der Waals surface area contributed by atoms with Crippen LogP contribution in [0.3, 0.4) is 0 Å². The van der Waals surface area contributed by atoms with Gasteiger partial charge in [-0.05, 0) is 0 Å². The van der Waals surface area contributed by atoms with Gasteiger partial charge in [0, 0.05) is 0 Å². The zero-order chi connectivity index (χ0) is 20.4. The van der Waals surface area contributed by atoms with E-state index in [1.54, 1.807) is 0 Å². The Morgan fingerprint density at radius 3 is 1.17 bits per heavy atom. The van der Waals surface area contributed by atoms with Crippen molar-refractivity contribution in [1.82, 2.24) is 0 Å². The minimum atomic E-state index is 0. The van der Waals surface area contributed by atoms with E-state index in [1.165, 1.54) is 60.9 Å². The quantitative estimate of drug-likeness (QED) is 0.525. The predicted octanol–water partition coefficient (Wildman–Crippen LogP) is 0.982. The molecule has 0 N–H and O–H groups in total. The molecule has 0 heterocycles. The van der Waals surface area contributed by atoms with Gasteiger partial charge in [0.05, 0.1) is 0 Å². The van der Waals surface area contributed by atoms with Crippen molar-refractivity contribution in [3.05, 3.63) is 118 Å². The van der Waals surface area contributed by atoms with Gasteiger partial charge in [-0.25, -0.2) is 22.3 Å². The van der Waals surface area contributed by atoms with Crippen molar-refractivity contribution in [2.45, 2.75) is 40.5 Å². The summed E-state index contributed by atoms with van der Waals surface area (Å²) in [5, 5.41) is 0. The summed E-state index contributed by atoms with van der Waals surface area (Å²) >= 11 is 1.46. The Kier molecular flexibility index (Phi) is 14.9. The average Bonchev–Trinajstić information content (AvgIpc) is 3.30. The molecule has 0 unspecified atom stereocenters. The summed E-state index contributed by atoms with van der Waals surface area (Å²) in [6.45, 7) is 8.43. The third-order valence-electron chi connectivity index (χ3n) is 4.86. The zero-order valence-corrected chi connectivity index (χ0v) is 22.1. The Balaban J connectivity index is 0.000000448. The van der Waals surface area contributed by atoms with Gasteiger partial charge in [0.2, 0.25) is 0 Å². The molecule has 0 aliphatic heterocycles. The van der Waals surface area contributed by atoms with Crippen molar-refractivity contribution in [3.63, 3.8) is 0 Å². The number of hydrogen-bond donors (Lipinski definition) is 0. The van der Waals surface area contributed by atoms with Crippen LogP contribution in [0.15, 0.2) is 95.1 Å². The third kappa shape index (κ3) is 9.69. The fourth-order valence-electron chi connectivity index (χ4n) is 2.68. The first-order valence-corrected chi connectivity index (χ1v) is 10.9. The topological polar surface area (TPSA) is 0 Å². The van der Waals surface area contributed by atoms with Crippen LogP contribution in [0.5, 0.6) is 0 Å². The van der Waals surface area contributed by atoms with E-state index in [4.69, 9.17) is 0 Å². The second kappa shape index (κ2) is 15.5. The van der Waals surface area contributed by atoms with Crippen LogP contribution in [0, 0.1) is 12.2 Å². The van der Waals surface area contributed by atoms with Crippen molar-refractivity contribution >= 4 is 3.21 Å². The second-order valence-corrected chi connectivity index (χ2v) is 8.12. The molecule has 0 saturated heterocycles. The summed E-state index contributed by atoms with van der Waals surface area (Å²) in [5.74, 6) is 0. The van der Waals surface area contributed by atoms with E-state index in [-0.39, 0.29) is 24.8 Å². The van der Waals surface area contributed by atoms with Crippen LogP contribution in [0.4, 0.5) is 0 Å². The first kappa shape index (κ1) is 28.7. The molecule has 0 aromatic heterocycles. The molecule has 0 nitrogen and oxygen atoms in total. The molecule has 0 radical (unpaired) electrons. The van der Waals surface area contributed by atoms with Crippen LogP contribution in [-0.2, 0) is 24.2 Å². The molecule has 30 heavy (non-hydrogen) atoms. The summed E-state index contributed by atoms with van der Waals surface area (Å²) in [6.07, 6.45) is 12.8. The molecular formula is C27H28Cl2Zr-2. The Bertz CT molecular complexity index is 797.